The summed E-state index contributed by atoms with van der Waals surface area (Å²) in [5.41, 5.74) is 15.4. The van der Waals surface area contributed by atoms with Gasteiger partial charge in [0.15, 0.2) is 0 Å². The molecule has 0 spiro atoms. The van der Waals surface area contributed by atoms with E-state index in [1.807, 2.05) is 79.7 Å². The van der Waals surface area contributed by atoms with Crippen LogP contribution in [0.2, 0.25) is 19.6 Å². The van der Waals surface area contributed by atoms with Crippen molar-refractivity contribution < 1.29 is 37.7 Å². The maximum atomic E-state index is 13.1. The van der Waals surface area contributed by atoms with E-state index in [1.54, 1.807) is 0 Å². The molecule has 1 aliphatic heterocycles. The molecule has 6 nitrogen and oxygen atoms in total. The molecule has 0 N–H and O–H groups in total. The number of aromatic nitrogens is 2. The molecule has 0 radical (unpaired) electrons. The Bertz CT molecular complexity index is 4210. The van der Waals surface area contributed by atoms with Crippen LogP contribution >= 0.6 is 0 Å². The molecule has 1 unspecified atom stereocenters. The second-order valence-corrected chi connectivity index (χ2v) is 29.3. The minimum Gasteiger partial charge on any atom is -0.659 e. The Kier molecular flexibility index (Phi) is 15.6. The Hall–Kier alpha value is -8.00. The quantitative estimate of drug-likeness (QED) is 0.107. The average Bonchev–Trinajstić information content (AvgIpc) is 4.36. The molecule has 418 valence electrons. The summed E-state index contributed by atoms with van der Waals surface area (Å²) in [7, 11) is -1.46. The summed E-state index contributed by atoms with van der Waals surface area (Å²) in [5.74, 6) is 1.28. The largest absolute Gasteiger partial charge is 3.00 e. The number of rotatable bonds is 9. The fourth-order valence-electron chi connectivity index (χ4n) is 11.5. The molecule has 11 aromatic rings. The third-order valence-electron chi connectivity index (χ3n) is 15.8. The predicted molar refractivity (Wildman–Crippen MR) is 334 cm³/mol. The first kappa shape index (κ1) is 58.2. The maximum Gasteiger partial charge on any atom is 3.00 e. The van der Waals surface area contributed by atoms with E-state index in [0.717, 1.165) is 90.3 Å². The number of benzene rings is 9. The molecule has 0 amide bonds. The fraction of sp³-hybridized carbons (Fsp3) is 0.222. The summed E-state index contributed by atoms with van der Waals surface area (Å²) in [5, 5.41) is 18.5. The number of halogens is 3. The molecular formula is C72H65F3IrN5OSi. The molecule has 2 aromatic heterocycles. The van der Waals surface area contributed by atoms with Crippen molar-refractivity contribution in [3.63, 3.8) is 0 Å². The number of nitrogens with zero attached hydrogens (tertiary/aromatic N) is 5. The van der Waals surface area contributed by atoms with Gasteiger partial charge in [-0.1, -0.05) is 200 Å². The molecule has 3 heterocycles. The van der Waals surface area contributed by atoms with Crippen molar-refractivity contribution in [3.8, 4) is 45.4 Å². The van der Waals surface area contributed by atoms with Crippen LogP contribution in [0.5, 0.6) is 0 Å². The van der Waals surface area contributed by atoms with Gasteiger partial charge < -0.3 is 19.2 Å². The SMILES string of the molecule is CC(C)(C)c1ccccc1N1c2ccccc2[N-]C1(C)c1[c-]cc(C(F)(F)F)cc1.CC(C)c1cc(-c2ccccc2)cc(C(C)C)c1-n1c(-c2[c-]ccc3c2oc2cc(-c4ccc([Si](C)(C)C)cc4)c(C#N)cc23)nc2ccccc21.[Ir+3]. The molecular weight excluding hydrogens is 1230 g/mol. The van der Waals surface area contributed by atoms with Crippen molar-refractivity contribution in [3.05, 3.63) is 233 Å². The average molecular weight is 1290 g/mol. The van der Waals surface area contributed by atoms with E-state index in [-0.39, 0.29) is 37.4 Å². The summed E-state index contributed by atoms with van der Waals surface area (Å²) in [4.78, 5) is 7.42. The predicted octanol–water partition coefficient (Wildman–Crippen LogP) is 20.2. The molecule has 0 aliphatic carbocycles. The molecule has 0 saturated carbocycles. The standard InChI is InChI=1S/C47H42N3OSi.C25H23F3N2.Ir/c1-29(2)38-24-33(31-14-9-8-10-15-31)25-39(30(3)4)45(38)50-43-19-12-11-18-42(43)49-47(50)37-17-13-16-36-41-26-34(28-48)40(27-44(41)51-46(36)37)32-20-22-35(23-21-32)52(5,6)7;1-23(2,3)19-9-5-7-11-21(19)30-22-12-8-6-10-20(22)29-24(30,4)17-13-15-18(16-14-17)25(26,27)28;/h8-16,18-27,29-30H,1-7H3;5-13,15-16H,1-4H3;/q-1;-2;+3. The number of fused-ring (bicyclic) bond motifs is 5. The van der Waals surface area contributed by atoms with Gasteiger partial charge in [-0.15, -0.1) is 23.9 Å². The summed E-state index contributed by atoms with van der Waals surface area (Å²) >= 11 is 0. The van der Waals surface area contributed by atoms with Gasteiger partial charge in [-0.3, -0.25) is 4.98 Å². The first-order chi connectivity index (χ1) is 39.0. The van der Waals surface area contributed by atoms with Crippen LogP contribution in [0, 0.1) is 23.5 Å². The van der Waals surface area contributed by atoms with E-state index in [9.17, 15) is 18.4 Å². The fourth-order valence-corrected chi connectivity index (χ4v) is 12.6. The minimum absolute atomic E-state index is 0. The Labute approximate surface area is 500 Å². The van der Waals surface area contributed by atoms with Gasteiger partial charge in [0.2, 0.25) is 0 Å². The van der Waals surface area contributed by atoms with Gasteiger partial charge >= 0.3 is 26.3 Å². The van der Waals surface area contributed by atoms with Gasteiger partial charge in [0.1, 0.15) is 5.58 Å². The van der Waals surface area contributed by atoms with Crippen LogP contribution in [-0.2, 0) is 37.4 Å². The third kappa shape index (κ3) is 10.9. The summed E-state index contributed by atoms with van der Waals surface area (Å²) < 4.78 is 48.4. The normalized spacial score (nSPS) is 14.4. The van der Waals surface area contributed by atoms with E-state index >= 15 is 0 Å². The van der Waals surface area contributed by atoms with E-state index < -0.39 is 25.5 Å². The second kappa shape index (κ2) is 22.3. The van der Waals surface area contributed by atoms with Crippen molar-refractivity contribution in [2.45, 2.75) is 104 Å². The number of nitriles is 1. The topological polar surface area (TPSA) is 72.1 Å². The first-order valence-electron chi connectivity index (χ1n) is 28.0. The van der Waals surface area contributed by atoms with E-state index in [4.69, 9.17) is 14.7 Å². The zero-order valence-electron chi connectivity index (χ0n) is 48.6. The Morgan fingerprint density at radius 1 is 0.687 bits per heavy atom. The van der Waals surface area contributed by atoms with Crippen LogP contribution in [0.1, 0.15) is 101 Å². The van der Waals surface area contributed by atoms with E-state index in [1.165, 1.54) is 33.5 Å². The van der Waals surface area contributed by atoms with Gasteiger partial charge in [0, 0.05) is 28.0 Å². The molecule has 1 aliphatic rings. The van der Waals surface area contributed by atoms with Gasteiger partial charge in [-0.05, 0) is 105 Å². The molecule has 83 heavy (non-hydrogen) atoms. The summed E-state index contributed by atoms with van der Waals surface area (Å²) in [6.45, 7) is 24.5. The van der Waals surface area contributed by atoms with Crippen molar-refractivity contribution in [2.24, 2.45) is 0 Å². The number of hydrogen-bond donors (Lipinski definition) is 0. The second-order valence-electron chi connectivity index (χ2n) is 24.2. The Morgan fingerprint density at radius 2 is 1.33 bits per heavy atom. The van der Waals surface area contributed by atoms with Crippen LogP contribution in [-0.4, -0.2) is 17.6 Å². The smallest absolute Gasteiger partial charge is 0.659 e. The number of anilines is 2. The molecule has 9 aromatic carbocycles. The van der Waals surface area contributed by atoms with Crippen molar-refractivity contribution in [2.75, 3.05) is 4.90 Å². The van der Waals surface area contributed by atoms with Crippen molar-refractivity contribution in [1.82, 2.24) is 9.55 Å². The van der Waals surface area contributed by atoms with E-state index in [0.29, 0.717) is 16.7 Å². The Morgan fingerprint density at radius 3 is 1.95 bits per heavy atom. The molecule has 1 atom stereocenters. The number of furan rings is 1. The molecule has 12 rings (SSSR count). The molecule has 0 fully saturated rings. The number of hydrogen-bond acceptors (Lipinski definition) is 4. The van der Waals surface area contributed by atoms with Crippen LogP contribution in [0.4, 0.5) is 30.2 Å². The third-order valence-corrected chi connectivity index (χ3v) is 17.8. The first-order valence-corrected chi connectivity index (χ1v) is 31.5. The van der Waals surface area contributed by atoms with Gasteiger partial charge in [0.05, 0.1) is 42.1 Å². The monoisotopic (exact) mass is 1290 g/mol. The maximum absolute atomic E-state index is 13.1. The van der Waals surface area contributed by atoms with Crippen LogP contribution < -0.4 is 10.1 Å². The van der Waals surface area contributed by atoms with E-state index in [2.05, 4.69) is 187 Å². The zero-order chi connectivity index (χ0) is 58.0. The van der Waals surface area contributed by atoms with Gasteiger partial charge in [-0.25, -0.2) is 0 Å². The minimum atomic E-state index is -4.40. The molecule has 11 heteroatoms. The van der Waals surface area contributed by atoms with Crippen LogP contribution in [0.3, 0.4) is 0 Å². The zero-order valence-corrected chi connectivity index (χ0v) is 52.0. The van der Waals surface area contributed by atoms with Crippen molar-refractivity contribution in [1.29, 1.82) is 5.26 Å². The van der Waals surface area contributed by atoms with Gasteiger partial charge in [-0.2, -0.15) is 48.3 Å². The number of para-hydroxylation sites is 5. The number of alkyl halides is 3. The van der Waals surface area contributed by atoms with Crippen LogP contribution in [0.15, 0.2) is 186 Å². The molecule has 0 bridgehead atoms. The molecule has 0 saturated heterocycles. The summed E-state index contributed by atoms with van der Waals surface area (Å²) in [6, 6.07) is 68.8. The van der Waals surface area contributed by atoms with Gasteiger partial charge in [0.25, 0.3) is 0 Å². The summed E-state index contributed by atoms with van der Waals surface area (Å²) in [6.07, 6.45) is -4.40. The van der Waals surface area contributed by atoms with Crippen molar-refractivity contribution >= 4 is 63.3 Å². The Balaban J connectivity index is 0.000000211. The number of imidazole rings is 1. The van der Waals surface area contributed by atoms with Crippen LogP contribution in [0.25, 0.3) is 77.6 Å².